The lowest BCUT2D eigenvalue weighted by Crippen LogP contribution is -2.35. The molecular formula is C11H18N4O. The van der Waals surface area contributed by atoms with E-state index in [9.17, 15) is 4.79 Å². The fraction of sp³-hybridized carbons (Fsp3) is 0.636. The smallest absolute Gasteiger partial charge is 0.224 e. The number of rotatable bonds is 4. The minimum atomic E-state index is 0.127. The van der Waals surface area contributed by atoms with Crippen molar-refractivity contribution in [1.29, 1.82) is 0 Å². The Labute approximate surface area is 95.0 Å². The molecule has 1 aliphatic heterocycles. The molecule has 0 aliphatic carbocycles. The van der Waals surface area contributed by atoms with Gasteiger partial charge in [0.1, 0.15) is 0 Å². The largest absolute Gasteiger partial charge is 0.355 e. The van der Waals surface area contributed by atoms with E-state index in [2.05, 4.69) is 27.5 Å². The molecule has 2 atom stereocenters. The quantitative estimate of drug-likeness (QED) is 0.667. The summed E-state index contributed by atoms with van der Waals surface area (Å²) >= 11 is 0. The van der Waals surface area contributed by atoms with Gasteiger partial charge >= 0.3 is 0 Å². The van der Waals surface area contributed by atoms with Crippen LogP contribution in [0.2, 0.25) is 0 Å². The second kappa shape index (κ2) is 5.12. The van der Waals surface area contributed by atoms with Crippen molar-refractivity contribution in [3.05, 3.63) is 18.2 Å². The van der Waals surface area contributed by atoms with E-state index in [4.69, 9.17) is 0 Å². The number of nitrogens with one attached hydrogen (secondary N) is 3. The van der Waals surface area contributed by atoms with Crippen molar-refractivity contribution in [2.45, 2.75) is 13.3 Å². The van der Waals surface area contributed by atoms with Crippen LogP contribution < -0.4 is 10.6 Å². The Morgan fingerprint density at radius 3 is 3.12 bits per heavy atom. The fourth-order valence-corrected chi connectivity index (χ4v) is 2.03. The predicted molar refractivity (Wildman–Crippen MR) is 60.8 cm³/mol. The van der Waals surface area contributed by atoms with Crippen LogP contribution in [-0.4, -0.2) is 35.5 Å². The number of hydrogen-bond donors (Lipinski definition) is 3. The van der Waals surface area contributed by atoms with E-state index in [-0.39, 0.29) is 11.8 Å². The van der Waals surface area contributed by atoms with Crippen molar-refractivity contribution in [2.75, 3.05) is 19.6 Å². The summed E-state index contributed by atoms with van der Waals surface area (Å²) in [5.41, 5.74) is 1.05. The van der Waals surface area contributed by atoms with Crippen LogP contribution in [0, 0.1) is 11.8 Å². The Kier molecular flexibility index (Phi) is 3.56. The lowest BCUT2D eigenvalue weighted by Gasteiger charge is -2.13. The maximum Gasteiger partial charge on any atom is 0.224 e. The van der Waals surface area contributed by atoms with Crippen molar-refractivity contribution >= 4 is 5.91 Å². The lowest BCUT2D eigenvalue weighted by molar-refractivity contribution is -0.125. The molecule has 88 valence electrons. The van der Waals surface area contributed by atoms with Crippen LogP contribution in [0.3, 0.4) is 0 Å². The van der Waals surface area contributed by atoms with E-state index in [1.54, 1.807) is 12.5 Å². The van der Waals surface area contributed by atoms with E-state index in [1.165, 1.54) is 0 Å². The average molecular weight is 222 g/mol. The van der Waals surface area contributed by atoms with E-state index in [1.807, 2.05) is 0 Å². The zero-order chi connectivity index (χ0) is 11.4. The molecule has 0 bridgehead atoms. The molecular weight excluding hydrogens is 204 g/mol. The summed E-state index contributed by atoms with van der Waals surface area (Å²) in [4.78, 5) is 18.8. The van der Waals surface area contributed by atoms with Gasteiger partial charge in [0.2, 0.25) is 5.91 Å². The average Bonchev–Trinajstić information content (AvgIpc) is 2.88. The van der Waals surface area contributed by atoms with Gasteiger partial charge in [-0.25, -0.2) is 4.98 Å². The SMILES string of the molecule is C[C@@H]1CNC[C@H]1C(=O)NCCc1cnc[nH]1. The summed E-state index contributed by atoms with van der Waals surface area (Å²) in [6, 6.07) is 0. The first-order chi connectivity index (χ1) is 7.77. The first-order valence-electron chi connectivity index (χ1n) is 5.73. The maximum atomic E-state index is 11.8. The summed E-state index contributed by atoms with van der Waals surface area (Å²) in [7, 11) is 0. The maximum absolute atomic E-state index is 11.8. The molecule has 0 saturated carbocycles. The lowest BCUT2D eigenvalue weighted by atomic mass is 9.97. The second-order valence-electron chi connectivity index (χ2n) is 4.36. The van der Waals surface area contributed by atoms with E-state index < -0.39 is 0 Å². The van der Waals surface area contributed by atoms with Crippen LogP contribution in [0.1, 0.15) is 12.6 Å². The number of imidazole rings is 1. The van der Waals surface area contributed by atoms with Gasteiger partial charge in [-0.05, 0) is 12.5 Å². The normalized spacial score (nSPS) is 24.6. The summed E-state index contributed by atoms with van der Waals surface area (Å²) in [5.74, 6) is 0.728. The molecule has 2 heterocycles. The van der Waals surface area contributed by atoms with Crippen LogP contribution in [0.15, 0.2) is 12.5 Å². The number of H-pyrrole nitrogens is 1. The number of amides is 1. The first-order valence-corrected chi connectivity index (χ1v) is 5.73. The number of carbonyl (C=O) groups excluding carboxylic acids is 1. The molecule has 2 rings (SSSR count). The van der Waals surface area contributed by atoms with Gasteiger partial charge in [-0.1, -0.05) is 6.92 Å². The Hall–Kier alpha value is -1.36. The number of aromatic nitrogens is 2. The zero-order valence-electron chi connectivity index (χ0n) is 9.49. The Balaban J connectivity index is 1.71. The summed E-state index contributed by atoms with van der Waals surface area (Å²) in [6.45, 7) is 4.53. The molecule has 16 heavy (non-hydrogen) atoms. The minimum Gasteiger partial charge on any atom is -0.355 e. The van der Waals surface area contributed by atoms with Gasteiger partial charge in [0, 0.05) is 31.4 Å². The van der Waals surface area contributed by atoms with Crippen molar-refractivity contribution in [1.82, 2.24) is 20.6 Å². The first kappa shape index (κ1) is 11.1. The monoisotopic (exact) mass is 222 g/mol. The standard InChI is InChI=1S/C11H18N4O/c1-8-4-12-6-10(8)11(16)14-3-2-9-5-13-7-15-9/h5,7-8,10,12H,2-4,6H2,1H3,(H,13,15)(H,14,16)/t8-,10-/m1/s1. The van der Waals surface area contributed by atoms with Gasteiger partial charge in [-0.3, -0.25) is 4.79 Å². The molecule has 0 aromatic carbocycles. The Morgan fingerprint density at radius 1 is 1.62 bits per heavy atom. The topological polar surface area (TPSA) is 69.8 Å². The highest BCUT2D eigenvalue weighted by molar-refractivity contribution is 5.79. The van der Waals surface area contributed by atoms with Gasteiger partial charge in [0.05, 0.1) is 12.2 Å². The number of aromatic amines is 1. The highest BCUT2D eigenvalue weighted by Gasteiger charge is 2.28. The molecule has 1 aromatic rings. The van der Waals surface area contributed by atoms with Gasteiger partial charge < -0.3 is 15.6 Å². The summed E-state index contributed by atoms with van der Waals surface area (Å²) in [6.07, 6.45) is 4.24. The highest BCUT2D eigenvalue weighted by atomic mass is 16.1. The summed E-state index contributed by atoms with van der Waals surface area (Å²) < 4.78 is 0. The minimum absolute atomic E-state index is 0.127. The van der Waals surface area contributed by atoms with Crippen molar-refractivity contribution in [2.24, 2.45) is 11.8 Å². The Morgan fingerprint density at radius 2 is 2.50 bits per heavy atom. The van der Waals surface area contributed by atoms with Crippen LogP contribution in [0.5, 0.6) is 0 Å². The van der Waals surface area contributed by atoms with E-state index in [0.717, 1.165) is 25.2 Å². The summed E-state index contributed by atoms with van der Waals surface area (Å²) in [5, 5.41) is 6.20. The molecule has 5 heteroatoms. The van der Waals surface area contributed by atoms with E-state index in [0.29, 0.717) is 12.5 Å². The molecule has 1 saturated heterocycles. The van der Waals surface area contributed by atoms with Gasteiger partial charge in [-0.2, -0.15) is 0 Å². The molecule has 3 N–H and O–H groups in total. The molecule has 1 aliphatic rings. The predicted octanol–water partition coefficient (Wildman–Crippen LogP) is -0.0761. The number of hydrogen-bond acceptors (Lipinski definition) is 3. The Bertz CT molecular complexity index is 336. The number of nitrogens with zero attached hydrogens (tertiary/aromatic N) is 1. The van der Waals surface area contributed by atoms with E-state index >= 15 is 0 Å². The van der Waals surface area contributed by atoms with Gasteiger partial charge in [0.15, 0.2) is 0 Å². The molecule has 1 amide bonds. The van der Waals surface area contributed by atoms with Crippen LogP contribution >= 0.6 is 0 Å². The van der Waals surface area contributed by atoms with Crippen molar-refractivity contribution in [3.63, 3.8) is 0 Å². The molecule has 5 nitrogen and oxygen atoms in total. The third kappa shape index (κ3) is 2.61. The van der Waals surface area contributed by atoms with Crippen molar-refractivity contribution < 1.29 is 4.79 Å². The third-order valence-electron chi connectivity index (χ3n) is 3.10. The van der Waals surface area contributed by atoms with Crippen molar-refractivity contribution in [3.8, 4) is 0 Å². The molecule has 0 unspecified atom stereocenters. The molecule has 1 fully saturated rings. The molecule has 1 aromatic heterocycles. The third-order valence-corrected chi connectivity index (χ3v) is 3.10. The zero-order valence-corrected chi connectivity index (χ0v) is 9.49. The van der Waals surface area contributed by atoms with Crippen LogP contribution in [0.4, 0.5) is 0 Å². The fourth-order valence-electron chi connectivity index (χ4n) is 2.03. The number of carbonyl (C=O) groups is 1. The van der Waals surface area contributed by atoms with Crippen LogP contribution in [0.25, 0.3) is 0 Å². The van der Waals surface area contributed by atoms with Gasteiger partial charge in [-0.15, -0.1) is 0 Å². The van der Waals surface area contributed by atoms with Crippen LogP contribution in [-0.2, 0) is 11.2 Å². The molecule has 0 radical (unpaired) electrons. The van der Waals surface area contributed by atoms with Gasteiger partial charge in [0.25, 0.3) is 0 Å². The second-order valence-corrected chi connectivity index (χ2v) is 4.36. The molecule has 0 spiro atoms. The highest BCUT2D eigenvalue weighted by Crippen LogP contribution is 2.15.